The fourth-order valence-electron chi connectivity index (χ4n) is 5.56. The number of pyridine rings is 1. The number of anilines is 1. The molecule has 0 radical (unpaired) electrons. The number of nitrogens with one attached hydrogen (secondary N) is 3. The molecule has 13 heteroatoms. The molecule has 4 N–H and O–H groups in total. The molecule has 224 valence electrons. The number of carbonyl (C=O) groups is 2. The zero-order valence-corrected chi connectivity index (χ0v) is 24.3. The van der Waals surface area contributed by atoms with E-state index in [9.17, 15) is 23.9 Å². The van der Waals surface area contributed by atoms with Crippen molar-refractivity contribution in [2.24, 2.45) is 0 Å². The number of benzene rings is 2. The molecule has 43 heavy (non-hydrogen) atoms. The number of ether oxygens (including phenoxy) is 1. The number of imide groups is 1. The summed E-state index contributed by atoms with van der Waals surface area (Å²) in [6, 6.07) is 7.71. The van der Waals surface area contributed by atoms with Gasteiger partial charge in [0, 0.05) is 18.8 Å². The number of hydrogen-bond acceptors (Lipinski definition) is 8. The van der Waals surface area contributed by atoms with Gasteiger partial charge in [0.15, 0.2) is 11.6 Å². The SMILES string of the molecule is Cc1ccc(Cl)c(OCC(O)CNc2cc[nH]c(=O)c2-c2nc3cc4c(cc3[nH]2)C(=O)N(C2CCN(C)CC2)C4=O)c1F. The number of hydrogen-bond donors (Lipinski definition) is 4. The summed E-state index contributed by atoms with van der Waals surface area (Å²) in [6.45, 7) is 2.92. The fourth-order valence-corrected chi connectivity index (χ4v) is 5.76. The number of piperidine rings is 1. The number of aromatic amines is 2. The van der Waals surface area contributed by atoms with E-state index in [4.69, 9.17) is 16.3 Å². The number of fused-ring (bicyclic) bond motifs is 2. The summed E-state index contributed by atoms with van der Waals surface area (Å²) in [5.74, 6) is -1.18. The molecule has 0 spiro atoms. The Morgan fingerprint density at radius 2 is 1.88 bits per heavy atom. The van der Waals surface area contributed by atoms with Gasteiger partial charge in [-0.15, -0.1) is 0 Å². The van der Waals surface area contributed by atoms with E-state index in [1.165, 1.54) is 23.2 Å². The summed E-state index contributed by atoms with van der Waals surface area (Å²) < 4.78 is 19.8. The molecule has 0 saturated carbocycles. The fraction of sp³-hybridized carbons (Fsp3) is 0.333. The maximum atomic E-state index is 14.4. The van der Waals surface area contributed by atoms with Gasteiger partial charge in [-0.3, -0.25) is 19.3 Å². The van der Waals surface area contributed by atoms with Crippen molar-refractivity contribution in [1.82, 2.24) is 24.8 Å². The number of aliphatic hydroxyl groups excluding tert-OH is 1. The third kappa shape index (κ3) is 5.37. The lowest BCUT2D eigenvalue weighted by atomic mass is 10.0. The highest BCUT2D eigenvalue weighted by molar-refractivity contribution is 6.32. The monoisotopic (exact) mass is 608 g/mol. The number of H-pyrrole nitrogens is 2. The second kappa shape index (κ2) is 11.4. The molecule has 11 nitrogen and oxygen atoms in total. The van der Waals surface area contributed by atoms with Crippen LogP contribution in [0, 0.1) is 12.7 Å². The molecule has 4 heterocycles. The van der Waals surface area contributed by atoms with Crippen LogP contribution in [-0.4, -0.2) is 87.1 Å². The van der Waals surface area contributed by atoms with Crippen LogP contribution >= 0.6 is 11.6 Å². The van der Waals surface area contributed by atoms with E-state index < -0.39 is 17.5 Å². The first-order chi connectivity index (χ1) is 20.6. The topological polar surface area (TPSA) is 144 Å². The predicted octanol–water partition coefficient (Wildman–Crippen LogP) is 3.56. The Kier molecular flexibility index (Phi) is 7.67. The maximum Gasteiger partial charge on any atom is 0.261 e. The molecule has 2 aromatic heterocycles. The lowest BCUT2D eigenvalue weighted by Gasteiger charge is -2.33. The number of aryl methyl sites for hydroxylation is 1. The number of halogens is 2. The van der Waals surface area contributed by atoms with Crippen LogP contribution in [0.4, 0.5) is 10.1 Å². The third-order valence-corrected chi connectivity index (χ3v) is 8.26. The Morgan fingerprint density at radius 1 is 1.16 bits per heavy atom. The summed E-state index contributed by atoms with van der Waals surface area (Å²) in [5, 5.41) is 13.6. The number of imidazole rings is 1. The Balaban J connectivity index is 1.21. The minimum absolute atomic E-state index is 0.0359. The molecular weight excluding hydrogens is 579 g/mol. The summed E-state index contributed by atoms with van der Waals surface area (Å²) in [6.07, 6.45) is 1.83. The van der Waals surface area contributed by atoms with Crippen LogP contribution in [0.1, 0.15) is 39.1 Å². The van der Waals surface area contributed by atoms with Gasteiger partial charge < -0.3 is 30.0 Å². The van der Waals surface area contributed by atoms with Crippen molar-refractivity contribution in [2.45, 2.75) is 31.9 Å². The number of likely N-dealkylation sites (tertiary alicyclic amines) is 1. The first-order valence-corrected chi connectivity index (χ1v) is 14.3. The number of carbonyl (C=O) groups excluding carboxylic acids is 2. The average Bonchev–Trinajstić information content (AvgIpc) is 3.50. The average molecular weight is 609 g/mol. The zero-order valence-electron chi connectivity index (χ0n) is 23.5. The highest BCUT2D eigenvalue weighted by atomic mass is 35.5. The molecule has 0 aliphatic carbocycles. The third-order valence-electron chi connectivity index (χ3n) is 7.96. The number of aromatic nitrogens is 3. The molecule has 1 unspecified atom stereocenters. The van der Waals surface area contributed by atoms with Gasteiger partial charge in [-0.2, -0.15) is 0 Å². The molecule has 1 atom stereocenters. The van der Waals surface area contributed by atoms with Crippen molar-refractivity contribution in [3.05, 3.63) is 74.4 Å². The molecular formula is C30H30ClFN6O5. The van der Waals surface area contributed by atoms with Gasteiger partial charge in [0.25, 0.3) is 17.4 Å². The van der Waals surface area contributed by atoms with Crippen LogP contribution in [0.3, 0.4) is 0 Å². The number of nitrogens with zero attached hydrogens (tertiary/aromatic N) is 3. The summed E-state index contributed by atoms with van der Waals surface area (Å²) in [7, 11) is 2.02. The van der Waals surface area contributed by atoms with Crippen molar-refractivity contribution >= 4 is 40.1 Å². The van der Waals surface area contributed by atoms with Crippen LogP contribution in [0.5, 0.6) is 5.75 Å². The van der Waals surface area contributed by atoms with Crippen LogP contribution in [0.15, 0.2) is 41.3 Å². The van der Waals surface area contributed by atoms with Crippen LogP contribution in [0.2, 0.25) is 5.02 Å². The Morgan fingerprint density at radius 3 is 2.63 bits per heavy atom. The van der Waals surface area contributed by atoms with Gasteiger partial charge in [0.05, 0.1) is 32.9 Å². The first kappa shape index (κ1) is 28.8. The smallest absolute Gasteiger partial charge is 0.261 e. The summed E-state index contributed by atoms with van der Waals surface area (Å²) >= 11 is 6.04. The largest absolute Gasteiger partial charge is 0.486 e. The standard InChI is InChI=1S/C30H30ClFN6O5/c1-15-3-4-20(31)26(25(15)32)43-14-17(39)13-34-21-5-8-33-28(40)24(21)27-35-22-11-18-19(12-23(22)36-27)30(42)38(29(18)41)16-6-9-37(2)10-7-16/h3-5,8,11-12,16-17,39H,6-7,9-10,13-14H2,1-2H3,(H,35,36)(H2,33,34,40). The van der Waals surface area contributed by atoms with E-state index in [0.29, 0.717) is 33.4 Å². The maximum absolute atomic E-state index is 14.4. The summed E-state index contributed by atoms with van der Waals surface area (Å²) in [5.41, 5.74) is 1.99. The highest BCUT2D eigenvalue weighted by Gasteiger charge is 2.41. The van der Waals surface area contributed by atoms with Crippen molar-refractivity contribution in [2.75, 3.05) is 38.6 Å². The number of rotatable bonds is 8. The minimum Gasteiger partial charge on any atom is -0.486 e. The van der Waals surface area contributed by atoms with E-state index in [0.717, 1.165) is 25.9 Å². The molecule has 6 rings (SSSR count). The summed E-state index contributed by atoms with van der Waals surface area (Å²) in [4.78, 5) is 53.3. The van der Waals surface area contributed by atoms with E-state index >= 15 is 0 Å². The van der Waals surface area contributed by atoms with Crippen molar-refractivity contribution < 1.29 is 23.8 Å². The Labute approximate surface area is 250 Å². The lowest BCUT2D eigenvalue weighted by Crippen LogP contribution is -2.46. The highest BCUT2D eigenvalue weighted by Crippen LogP contribution is 2.33. The Hall–Kier alpha value is -4.26. The molecule has 0 bridgehead atoms. The molecule has 2 aliphatic rings. The second-order valence-corrected chi connectivity index (χ2v) is 11.4. The van der Waals surface area contributed by atoms with Crippen LogP contribution in [0.25, 0.3) is 22.4 Å². The van der Waals surface area contributed by atoms with Crippen LogP contribution < -0.4 is 15.6 Å². The number of amides is 2. The van der Waals surface area contributed by atoms with Crippen molar-refractivity contribution in [3.63, 3.8) is 0 Å². The number of aliphatic hydroxyl groups is 1. The molecule has 1 saturated heterocycles. The lowest BCUT2D eigenvalue weighted by molar-refractivity contribution is 0.0516. The first-order valence-electron chi connectivity index (χ1n) is 13.9. The Bertz CT molecular complexity index is 1740. The van der Waals surface area contributed by atoms with Gasteiger partial charge >= 0.3 is 0 Å². The van der Waals surface area contributed by atoms with Crippen LogP contribution in [-0.2, 0) is 0 Å². The second-order valence-electron chi connectivity index (χ2n) is 11.0. The molecule has 1 fully saturated rings. The van der Waals surface area contributed by atoms with E-state index in [-0.39, 0.29) is 53.2 Å². The van der Waals surface area contributed by atoms with Gasteiger partial charge in [0.2, 0.25) is 0 Å². The molecule has 4 aromatic rings. The van der Waals surface area contributed by atoms with E-state index in [1.54, 1.807) is 25.1 Å². The van der Waals surface area contributed by atoms with E-state index in [2.05, 4.69) is 25.2 Å². The van der Waals surface area contributed by atoms with E-state index in [1.807, 2.05) is 7.05 Å². The van der Waals surface area contributed by atoms with Gasteiger partial charge in [-0.05, 0) is 69.7 Å². The van der Waals surface area contributed by atoms with Gasteiger partial charge in [0.1, 0.15) is 24.1 Å². The van der Waals surface area contributed by atoms with Crippen molar-refractivity contribution in [3.8, 4) is 17.1 Å². The molecule has 2 aromatic carbocycles. The van der Waals surface area contributed by atoms with Crippen molar-refractivity contribution in [1.29, 1.82) is 0 Å². The quantitative estimate of drug-likeness (QED) is 0.222. The molecule has 2 aliphatic heterocycles. The minimum atomic E-state index is -1.08. The predicted molar refractivity (Wildman–Crippen MR) is 159 cm³/mol. The van der Waals surface area contributed by atoms with Gasteiger partial charge in [-0.1, -0.05) is 17.7 Å². The molecule has 2 amide bonds. The zero-order chi connectivity index (χ0) is 30.4. The normalized spacial score (nSPS) is 16.6. The van der Waals surface area contributed by atoms with Gasteiger partial charge in [-0.25, -0.2) is 9.37 Å².